The lowest BCUT2D eigenvalue weighted by Crippen LogP contribution is -1.92. The van der Waals surface area contributed by atoms with Gasteiger partial charge in [-0.25, -0.2) is 4.98 Å². The summed E-state index contributed by atoms with van der Waals surface area (Å²) in [7, 11) is 0. The van der Waals surface area contributed by atoms with E-state index in [1.54, 1.807) is 0 Å². The van der Waals surface area contributed by atoms with Gasteiger partial charge in [0.2, 0.25) is 0 Å². The van der Waals surface area contributed by atoms with Crippen LogP contribution in [0.25, 0.3) is 54.8 Å². The van der Waals surface area contributed by atoms with Gasteiger partial charge in [0.15, 0.2) is 0 Å². The maximum atomic E-state index is 5.21. The van der Waals surface area contributed by atoms with Crippen molar-refractivity contribution < 1.29 is 0 Å². The molecule has 5 aromatic rings. The number of benzene rings is 4. The summed E-state index contributed by atoms with van der Waals surface area (Å²) in [5.41, 5.74) is 7.68. The van der Waals surface area contributed by atoms with Gasteiger partial charge in [0.05, 0.1) is 11.2 Å². The van der Waals surface area contributed by atoms with Crippen LogP contribution < -0.4 is 0 Å². The predicted molar refractivity (Wildman–Crippen MR) is 120 cm³/mol. The SMILES string of the molecule is CCCCc1ccc2cccc3c2c1-c1nc2ccc4ccccc4c2cc1-3. The minimum atomic E-state index is 1.09. The normalized spacial score (nSPS) is 12.2. The van der Waals surface area contributed by atoms with Crippen molar-refractivity contribution in [3.63, 3.8) is 0 Å². The lowest BCUT2D eigenvalue weighted by atomic mass is 9.96. The fourth-order valence-electron chi connectivity index (χ4n) is 4.82. The van der Waals surface area contributed by atoms with Gasteiger partial charge < -0.3 is 0 Å². The van der Waals surface area contributed by atoms with E-state index in [0.717, 1.165) is 11.9 Å². The van der Waals surface area contributed by atoms with Crippen LogP contribution in [0.3, 0.4) is 0 Å². The summed E-state index contributed by atoms with van der Waals surface area (Å²) in [6.07, 6.45) is 3.55. The van der Waals surface area contributed by atoms with E-state index in [-0.39, 0.29) is 0 Å². The number of nitrogens with zero attached hydrogens (tertiary/aromatic N) is 1. The molecule has 0 atom stereocenters. The van der Waals surface area contributed by atoms with Gasteiger partial charge in [0.1, 0.15) is 0 Å². The number of hydrogen-bond donors (Lipinski definition) is 0. The van der Waals surface area contributed by atoms with E-state index in [9.17, 15) is 0 Å². The Bertz CT molecular complexity index is 1390. The Balaban J connectivity index is 1.73. The topological polar surface area (TPSA) is 12.9 Å². The highest BCUT2D eigenvalue weighted by Crippen LogP contribution is 2.49. The summed E-state index contributed by atoms with van der Waals surface area (Å²) in [5.74, 6) is 0. The van der Waals surface area contributed by atoms with E-state index in [2.05, 4.69) is 79.7 Å². The van der Waals surface area contributed by atoms with Gasteiger partial charge in [0.25, 0.3) is 0 Å². The molecular weight excluding hydrogens is 338 g/mol. The summed E-state index contributed by atoms with van der Waals surface area (Å²) in [6.45, 7) is 2.26. The summed E-state index contributed by atoms with van der Waals surface area (Å²) in [4.78, 5) is 5.21. The molecule has 1 aromatic heterocycles. The molecular formula is C27H21N. The first kappa shape index (κ1) is 15.8. The Hall–Kier alpha value is -3.19. The summed E-state index contributed by atoms with van der Waals surface area (Å²) in [6, 6.07) is 26.6. The van der Waals surface area contributed by atoms with Crippen LogP contribution in [0.2, 0.25) is 0 Å². The second kappa shape index (κ2) is 5.90. The van der Waals surface area contributed by atoms with Crippen LogP contribution in [0, 0.1) is 0 Å². The first-order valence-electron chi connectivity index (χ1n) is 10.2. The van der Waals surface area contributed by atoms with Gasteiger partial charge in [-0.3, -0.25) is 0 Å². The van der Waals surface area contributed by atoms with Crippen molar-refractivity contribution in [3.8, 4) is 22.4 Å². The van der Waals surface area contributed by atoms with Gasteiger partial charge in [0, 0.05) is 16.5 Å². The highest BCUT2D eigenvalue weighted by molar-refractivity contribution is 6.18. The summed E-state index contributed by atoms with van der Waals surface area (Å²) >= 11 is 0. The number of pyridine rings is 1. The van der Waals surface area contributed by atoms with E-state index in [1.807, 2.05) is 0 Å². The Labute approximate surface area is 164 Å². The first-order valence-corrected chi connectivity index (χ1v) is 10.2. The van der Waals surface area contributed by atoms with Crippen molar-refractivity contribution in [2.45, 2.75) is 26.2 Å². The van der Waals surface area contributed by atoms with E-state index < -0.39 is 0 Å². The summed E-state index contributed by atoms with van der Waals surface area (Å²) < 4.78 is 0. The largest absolute Gasteiger partial charge is 0.247 e. The molecule has 0 unspecified atom stereocenters. The molecule has 1 aliphatic carbocycles. The molecule has 1 nitrogen and oxygen atoms in total. The molecule has 28 heavy (non-hydrogen) atoms. The molecule has 0 bridgehead atoms. The van der Waals surface area contributed by atoms with Crippen molar-refractivity contribution in [1.82, 2.24) is 4.98 Å². The zero-order valence-electron chi connectivity index (χ0n) is 16.0. The lowest BCUT2D eigenvalue weighted by Gasteiger charge is -2.10. The van der Waals surface area contributed by atoms with Crippen LogP contribution in [-0.2, 0) is 6.42 Å². The van der Waals surface area contributed by atoms with Crippen LogP contribution in [0.1, 0.15) is 25.3 Å². The van der Waals surface area contributed by atoms with Crippen LogP contribution >= 0.6 is 0 Å². The van der Waals surface area contributed by atoms with Crippen molar-refractivity contribution in [2.75, 3.05) is 0 Å². The molecule has 0 aliphatic heterocycles. The standard InChI is InChI=1S/C27H21N/c1-2-3-7-19-13-12-18-9-6-11-21-23-16-22-20-10-5-4-8-17(20)14-15-24(22)28-27(23)26(19)25(18)21/h4-6,8-16H,2-3,7H2,1H3. The molecule has 0 radical (unpaired) electrons. The zero-order chi connectivity index (χ0) is 18.7. The van der Waals surface area contributed by atoms with Gasteiger partial charge in [-0.05, 0) is 57.6 Å². The van der Waals surface area contributed by atoms with Gasteiger partial charge in [-0.2, -0.15) is 0 Å². The Kier molecular flexibility index (Phi) is 3.34. The smallest absolute Gasteiger partial charge is 0.0797 e. The fourth-order valence-corrected chi connectivity index (χ4v) is 4.82. The number of aryl methyl sites for hydroxylation is 1. The molecule has 6 rings (SSSR count). The third-order valence-corrected chi connectivity index (χ3v) is 6.18. The highest BCUT2D eigenvalue weighted by atomic mass is 14.7. The van der Waals surface area contributed by atoms with Crippen LogP contribution in [0.15, 0.2) is 72.8 Å². The molecule has 0 amide bonds. The Morgan fingerprint density at radius 3 is 2.54 bits per heavy atom. The molecule has 134 valence electrons. The highest BCUT2D eigenvalue weighted by Gasteiger charge is 2.25. The van der Waals surface area contributed by atoms with Gasteiger partial charge in [-0.1, -0.05) is 74.0 Å². The van der Waals surface area contributed by atoms with Gasteiger partial charge in [-0.15, -0.1) is 0 Å². The van der Waals surface area contributed by atoms with Gasteiger partial charge >= 0.3 is 0 Å². The van der Waals surface area contributed by atoms with Crippen molar-refractivity contribution in [3.05, 3.63) is 78.4 Å². The molecule has 0 fully saturated rings. The molecule has 0 spiro atoms. The van der Waals surface area contributed by atoms with Crippen molar-refractivity contribution in [1.29, 1.82) is 0 Å². The molecule has 0 saturated carbocycles. The minimum absolute atomic E-state index is 1.09. The van der Waals surface area contributed by atoms with Crippen LogP contribution in [0.4, 0.5) is 0 Å². The molecule has 1 heteroatoms. The second-order valence-electron chi connectivity index (χ2n) is 7.84. The lowest BCUT2D eigenvalue weighted by molar-refractivity contribution is 0.797. The molecule has 1 aliphatic rings. The Morgan fingerprint density at radius 2 is 1.61 bits per heavy atom. The predicted octanol–water partition coefficient (Wildman–Crippen LogP) is 7.53. The number of fused-ring (bicyclic) bond motifs is 6. The van der Waals surface area contributed by atoms with E-state index in [4.69, 9.17) is 4.98 Å². The first-order chi connectivity index (χ1) is 13.8. The van der Waals surface area contributed by atoms with E-state index in [1.165, 1.54) is 67.7 Å². The van der Waals surface area contributed by atoms with Crippen molar-refractivity contribution in [2.24, 2.45) is 0 Å². The number of hydrogen-bond acceptors (Lipinski definition) is 1. The molecule has 0 saturated heterocycles. The number of aromatic nitrogens is 1. The average Bonchev–Trinajstić information content (AvgIpc) is 3.07. The second-order valence-corrected chi connectivity index (χ2v) is 7.84. The minimum Gasteiger partial charge on any atom is -0.247 e. The number of unbranched alkanes of at least 4 members (excludes halogenated alkanes) is 1. The number of rotatable bonds is 3. The molecule has 1 heterocycles. The molecule has 0 N–H and O–H groups in total. The quantitative estimate of drug-likeness (QED) is 0.298. The zero-order valence-corrected chi connectivity index (χ0v) is 16.0. The molecule has 4 aromatic carbocycles. The monoisotopic (exact) mass is 359 g/mol. The third-order valence-electron chi connectivity index (χ3n) is 6.18. The van der Waals surface area contributed by atoms with E-state index >= 15 is 0 Å². The maximum Gasteiger partial charge on any atom is 0.0797 e. The maximum absolute atomic E-state index is 5.21. The average molecular weight is 359 g/mol. The summed E-state index contributed by atoms with van der Waals surface area (Å²) in [5, 5.41) is 6.51. The third kappa shape index (κ3) is 2.10. The van der Waals surface area contributed by atoms with Crippen LogP contribution in [0.5, 0.6) is 0 Å². The van der Waals surface area contributed by atoms with Crippen LogP contribution in [-0.4, -0.2) is 4.98 Å². The fraction of sp³-hybridized carbons (Fsp3) is 0.148. The van der Waals surface area contributed by atoms with E-state index in [0.29, 0.717) is 0 Å². The Morgan fingerprint density at radius 1 is 0.750 bits per heavy atom. The van der Waals surface area contributed by atoms with Crippen molar-refractivity contribution >= 4 is 32.4 Å².